The minimum Gasteiger partial charge on any atom is -0.444 e. The monoisotopic (exact) mass is 295 g/mol. The van der Waals surface area contributed by atoms with Gasteiger partial charge in [-0.2, -0.15) is 0 Å². The SMILES string of the molecule is CC(C)(C)OC(=O)N1CC2C(C1)C2NCc1cscn1. The van der Waals surface area contributed by atoms with Gasteiger partial charge in [0, 0.05) is 31.1 Å². The lowest BCUT2D eigenvalue weighted by Crippen LogP contribution is -2.39. The average molecular weight is 295 g/mol. The Kier molecular flexibility index (Phi) is 3.46. The van der Waals surface area contributed by atoms with Crippen LogP contribution >= 0.6 is 11.3 Å². The molecule has 1 amide bonds. The predicted molar refractivity (Wildman–Crippen MR) is 77.5 cm³/mol. The van der Waals surface area contributed by atoms with Crippen LogP contribution in [-0.2, 0) is 11.3 Å². The maximum Gasteiger partial charge on any atom is 0.410 e. The number of likely N-dealkylation sites (tertiary alicyclic amines) is 1. The number of carbonyl (C=O) groups is 1. The molecule has 1 aromatic rings. The van der Waals surface area contributed by atoms with Crippen molar-refractivity contribution in [2.75, 3.05) is 13.1 Å². The molecule has 1 saturated heterocycles. The van der Waals surface area contributed by atoms with Crippen LogP contribution < -0.4 is 5.32 Å². The summed E-state index contributed by atoms with van der Waals surface area (Å²) < 4.78 is 5.40. The van der Waals surface area contributed by atoms with Crippen molar-refractivity contribution < 1.29 is 9.53 Å². The Bertz CT molecular complexity index is 471. The van der Waals surface area contributed by atoms with Crippen LogP contribution in [0.4, 0.5) is 4.79 Å². The Morgan fingerprint density at radius 2 is 2.20 bits per heavy atom. The van der Waals surface area contributed by atoms with Gasteiger partial charge in [-0.15, -0.1) is 11.3 Å². The summed E-state index contributed by atoms with van der Waals surface area (Å²) in [6, 6.07) is 0.537. The Hall–Kier alpha value is -1.14. The minimum atomic E-state index is -0.411. The van der Waals surface area contributed by atoms with Crippen molar-refractivity contribution in [1.82, 2.24) is 15.2 Å². The van der Waals surface area contributed by atoms with Crippen LogP contribution in [-0.4, -0.2) is 40.7 Å². The van der Waals surface area contributed by atoms with Crippen LogP contribution in [0, 0.1) is 11.8 Å². The summed E-state index contributed by atoms with van der Waals surface area (Å²) in [6.07, 6.45) is -0.178. The fourth-order valence-electron chi connectivity index (χ4n) is 2.85. The highest BCUT2D eigenvalue weighted by molar-refractivity contribution is 7.07. The Morgan fingerprint density at radius 3 is 2.75 bits per heavy atom. The maximum absolute atomic E-state index is 12.0. The van der Waals surface area contributed by atoms with Crippen LogP contribution in [0.1, 0.15) is 26.5 Å². The fraction of sp³-hybridized carbons (Fsp3) is 0.714. The van der Waals surface area contributed by atoms with Crippen LogP contribution in [0.2, 0.25) is 0 Å². The first kappa shape index (κ1) is 13.8. The molecule has 2 heterocycles. The quantitative estimate of drug-likeness (QED) is 0.928. The zero-order chi connectivity index (χ0) is 14.3. The number of amides is 1. The molecule has 1 aromatic heterocycles. The number of nitrogens with one attached hydrogen (secondary N) is 1. The Balaban J connectivity index is 1.43. The Labute approximate surface area is 123 Å². The van der Waals surface area contributed by atoms with E-state index in [0.717, 1.165) is 25.3 Å². The van der Waals surface area contributed by atoms with Gasteiger partial charge in [-0.25, -0.2) is 9.78 Å². The van der Waals surface area contributed by atoms with Crippen LogP contribution in [0.15, 0.2) is 10.9 Å². The second-order valence-corrected chi connectivity index (χ2v) is 7.32. The molecule has 1 aliphatic heterocycles. The average Bonchev–Trinajstić information content (AvgIpc) is 2.78. The largest absolute Gasteiger partial charge is 0.444 e. The summed E-state index contributed by atoms with van der Waals surface area (Å²) in [5.74, 6) is 1.17. The smallest absolute Gasteiger partial charge is 0.410 e. The van der Waals surface area contributed by atoms with E-state index in [0.29, 0.717) is 17.9 Å². The number of thiazole rings is 1. The lowest BCUT2D eigenvalue weighted by molar-refractivity contribution is 0.0269. The lowest BCUT2D eigenvalue weighted by atomic mass is 10.2. The summed E-state index contributed by atoms with van der Waals surface area (Å²) in [7, 11) is 0. The molecule has 1 saturated carbocycles. The molecule has 0 aromatic carbocycles. The normalized spacial score (nSPS) is 28.4. The molecule has 110 valence electrons. The molecule has 2 atom stereocenters. The third-order valence-electron chi connectivity index (χ3n) is 3.85. The highest BCUT2D eigenvalue weighted by atomic mass is 32.1. The number of ether oxygens (including phenoxy) is 1. The van der Waals surface area contributed by atoms with Gasteiger partial charge in [-0.05, 0) is 32.6 Å². The van der Waals surface area contributed by atoms with Crippen LogP contribution in [0.3, 0.4) is 0 Å². The van der Waals surface area contributed by atoms with Crippen LogP contribution in [0.25, 0.3) is 0 Å². The zero-order valence-corrected chi connectivity index (χ0v) is 12.9. The van der Waals surface area contributed by atoms with Crippen molar-refractivity contribution in [3.8, 4) is 0 Å². The van der Waals surface area contributed by atoms with Gasteiger partial charge in [0.25, 0.3) is 0 Å². The molecular formula is C14H21N3O2S. The van der Waals surface area contributed by atoms with Crippen molar-refractivity contribution >= 4 is 17.4 Å². The molecule has 0 spiro atoms. The summed E-state index contributed by atoms with van der Waals surface area (Å²) in [6.45, 7) is 8.16. The molecule has 1 aliphatic carbocycles. The third kappa shape index (κ3) is 2.96. The topological polar surface area (TPSA) is 54.5 Å². The maximum atomic E-state index is 12.0. The molecule has 0 bridgehead atoms. The van der Waals surface area contributed by atoms with Crippen molar-refractivity contribution in [3.05, 3.63) is 16.6 Å². The van der Waals surface area contributed by atoms with Crippen LogP contribution in [0.5, 0.6) is 0 Å². The molecule has 2 unspecified atom stereocenters. The number of nitrogens with zero attached hydrogens (tertiary/aromatic N) is 2. The summed E-state index contributed by atoms with van der Waals surface area (Å²) >= 11 is 1.62. The molecule has 5 nitrogen and oxygen atoms in total. The summed E-state index contributed by atoms with van der Waals surface area (Å²) in [5.41, 5.74) is 2.55. The van der Waals surface area contributed by atoms with E-state index in [1.165, 1.54) is 0 Å². The first-order valence-electron chi connectivity index (χ1n) is 7.02. The summed E-state index contributed by atoms with van der Waals surface area (Å²) in [4.78, 5) is 18.1. The second-order valence-electron chi connectivity index (χ2n) is 6.60. The van der Waals surface area contributed by atoms with E-state index < -0.39 is 5.60 Å². The molecule has 2 aliphatic rings. The van der Waals surface area contributed by atoms with Gasteiger partial charge in [0.1, 0.15) is 5.60 Å². The van der Waals surface area contributed by atoms with Crippen molar-refractivity contribution in [3.63, 3.8) is 0 Å². The first-order chi connectivity index (χ1) is 9.44. The van der Waals surface area contributed by atoms with Gasteiger partial charge in [0.15, 0.2) is 0 Å². The third-order valence-corrected chi connectivity index (χ3v) is 4.48. The Morgan fingerprint density at radius 1 is 1.50 bits per heavy atom. The highest BCUT2D eigenvalue weighted by Gasteiger charge is 2.56. The number of rotatable bonds is 3. The highest BCUT2D eigenvalue weighted by Crippen LogP contribution is 2.45. The van der Waals surface area contributed by atoms with E-state index in [2.05, 4.69) is 15.7 Å². The molecule has 0 radical (unpaired) electrons. The molecule has 1 N–H and O–H groups in total. The van der Waals surface area contributed by atoms with Crippen molar-refractivity contribution in [2.45, 2.75) is 39.0 Å². The van der Waals surface area contributed by atoms with Gasteiger partial charge < -0.3 is 15.0 Å². The number of aromatic nitrogens is 1. The first-order valence-corrected chi connectivity index (χ1v) is 7.97. The zero-order valence-electron chi connectivity index (χ0n) is 12.1. The van der Waals surface area contributed by atoms with Gasteiger partial charge >= 0.3 is 6.09 Å². The van der Waals surface area contributed by atoms with Crippen molar-refractivity contribution in [1.29, 1.82) is 0 Å². The molecule has 3 rings (SSSR count). The van der Waals surface area contributed by atoms with Gasteiger partial charge in [0.05, 0.1) is 11.2 Å². The molecule has 6 heteroatoms. The number of hydrogen-bond donors (Lipinski definition) is 1. The van der Waals surface area contributed by atoms with E-state index in [1.807, 2.05) is 31.2 Å². The fourth-order valence-corrected chi connectivity index (χ4v) is 3.41. The second kappa shape index (κ2) is 5.00. The molecule has 20 heavy (non-hydrogen) atoms. The van der Waals surface area contributed by atoms with E-state index >= 15 is 0 Å². The predicted octanol–water partition coefficient (Wildman–Crippen LogP) is 2.10. The number of piperidine rings is 1. The van der Waals surface area contributed by atoms with Gasteiger partial charge in [-0.3, -0.25) is 0 Å². The number of carbonyl (C=O) groups excluding carboxylic acids is 1. The van der Waals surface area contributed by atoms with E-state index in [4.69, 9.17) is 4.74 Å². The summed E-state index contributed by atoms with van der Waals surface area (Å²) in [5, 5.41) is 5.60. The minimum absolute atomic E-state index is 0.178. The molecular weight excluding hydrogens is 274 g/mol. The van der Waals surface area contributed by atoms with E-state index in [9.17, 15) is 4.79 Å². The lowest BCUT2D eigenvalue weighted by Gasteiger charge is -2.26. The van der Waals surface area contributed by atoms with E-state index in [-0.39, 0.29) is 6.09 Å². The standard InChI is InChI=1S/C14H21N3O2S/c1-14(2,3)19-13(18)17-5-10-11(6-17)12(10)15-4-9-7-20-8-16-9/h7-8,10-12,15H,4-6H2,1-3H3. The van der Waals surface area contributed by atoms with E-state index in [1.54, 1.807) is 11.3 Å². The van der Waals surface area contributed by atoms with Gasteiger partial charge in [-0.1, -0.05) is 0 Å². The molecule has 2 fully saturated rings. The van der Waals surface area contributed by atoms with Gasteiger partial charge in [0.2, 0.25) is 0 Å². The number of hydrogen-bond acceptors (Lipinski definition) is 5. The number of fused-ring (bicyclic) bond motifs is 1. The van der Waals surface area contributed by atoms with Crippen molar-refractivity contribution in [2.24, 2.45) is 11.8 Å².